The largest absolute Gasteiger partial charge is 0.480 e. The van der Waals surface area contributed by atoms with Crippen molar-refractivity contribution in [1.29, 1.82) is 0 Å². The van der Waals surface area contributed by atoms with Crippen molar-refractivity contribution in [3.8, 4) is 0 Å². The molecule has 2 atom stereocenters. The number of hydrogen-bond acceptors (Lipinski definition) is 6. The van der Waals surface area contributed by atoms with Gasteiger partial charge in [0.1, 0.15) is 11.6 Å². The lowest BCUT2D eigenvalue weighted by Gasteiger charge is -2.29. The number of esters is 1. The van der Waals surface area contributed by atoms with Crippen molar-refractivity contribution in [2.45, 2.75) is 51.9 Å². The zero-order valence-electron chi connectivity index (χ0n) is 13.2. The molecule has 22 heavy (non-hydrogen) atoms. The van der Waals surface area contributed by atoms with Crippen LogP contribution in [0.3, 0.4) is 0 Å². The second-order valence-corrected chi connectivity index (χ2v) is 5.62. The number of carbonyl (C=O) groups is 4. The molecule has 0 aliphatic carbocycles. The number of amides is 1. The minimum absolute atomic E-state index is 0.597. The Morgan fingerprint density at radius 3 is 1.91 bits per heavy atom. The van der Waals surface area contributed by atoms with Crippen LogP contribution in [0, 0.1) is 0 Å². The van der Waals surface area contributed by atoms with Gasteiger partial charge in [0.05, 0.1) is 0 Å². The number of aliphatic carboxylic acids is 2. The number of carboxylic acids is 2. The second kappa shape index (κ2) is 7.62. The van der Waals surface area contributed by atoms with Crippen LogP contribution in [-0.2, 0) is 23.9 Å². The maximum atomic E-state index is 11.9. The fraction of sp³-hybridized carbons (Fsp3) is 0.692. The molecule has 0 aliphatic rings. The Hall–Kier alpha value is -2.32. The molecule has 2 N–H and O–H groups in total. The van der Waals surface area contributed by atoms with Gasteiger partial charge in [-0.1, -0.05) is 0 Å². The first-order chi connectivity index (χ1) is 9.85. The smallest absolute Gasteiger partial charge is 0.410 e. The first kappa shape index (κ1) is 19.7. The van der Waals surface area contributed by atoms with Crippen LogP contribution >= 0.6 is 0 Å². The molecule has 0 saturated carbocycles. The van der Waals surface area contributed by atoms with Crippen molar-refractivity contribution in [3.05, 3.63) is 0 Å². The Kier molecular flexibility index (Phi) is 6.82. The Bertz CT molecular complexity index is 453. The third-order valence-corrected chi connectivity index (χ3v) is 2.46. The summed E-state index contributed by atoms with van der Waals surface area (Å²) in [5.41, 5.74) is -0.837. The molecule has 126 valence electrons. The molecular weight excluding hydrogens is 298 g/mol. The van der Waals surface area contributed by atoms with Crippen LogP contribution < -0.4 is 0 Å². The number of likely N-dealkylation sites (N-methyl/N-ethyl adjacent to an activating group) is 1. The number of carbonyl (C=O) groups excluding carboxylic acids is 2. The average Bonchev–Trinajstić information content (AvgIpc) is 2.30. The molecule has 9 heteroatoms. The van der Waals surface area contributed by atoms with Crippen molar-refractivity contribution in [2.75, 3.05) is 7.05 Å². The molecule has 0 fully saturated rings. The molecule has 0 unspecified atom stereocenters. The van der Waals surface area contributed by atoms with Crippen molar-refractivity contribution in [1.82, 2.24) is 4.90 Å². The van der Waals surface area contributed by atoms with Crippen LogP contribution in [0.25, 0.3) is 0 Å². The zero-order valence-corrected chi connectivity index (χ0v) is 13.2. The Balaban J connectivity index is 5.12. The molecule has 0 saturated heterocycles. The number of hydrogen-bond donors (Lipinski definition) is 2. The van der Waals surface area contributed by atoms with Crippen LogP contribution in [-0.4, -0.2) is 63.9 Å². The average molecular weight is 319 g/mol. The van der Waals surface area contributed by atoms with Crippen molar-refractivity contribution < 1.29 is 38.9 Å². The van der Waals surface area contributed by atoms with Gasteiger partial charge >= 0.3 is 24.0 Å². The van der Waals surface area contributed by atoms with Gasteiger partial charge in [-0.05, 0) is 20.8 Å². The molecule has 0 radical (unpaired) electrons. The summed E-state index contributed by atoms with van der Waals surface area (Å²) in [5, 5.41) is 18.1. The van der Waals surface area contributed by atoms with Crippen LogP contribution in [0.1, 0.15) is 34.1 Å². The molecule has 0 rings (SSSR count). The highest BCUT2D eigenvalue weighted by Crippen LogP contribution is 2.15. The van der Waals surface area contributed by atoms with Gasteiger partial charge in [-0.25, -0.2) is 14.4 Å². The summed E-state index contributed by atoms with van der Waals surface area (Å²) in [6.45, 7) is 5.82. The van der Waals surface area contributed by atoms with E-state index in [-0.39, 0.29) is 0 Å². The standard InChI is InChI=1S/C13H21NO8/c1-7(15)21-9(11(18)19)6-8(10(16)17)14(5)12(20)22-13(2,3)4/h8-9H,6H2,1-5H3,(H,16,17)(H,18,19)/t8-,9+/m0/s1. The quantitative estimate of drug-likeness (QED) is 0.684. The minimum atomic E-state index is -1.68. The highest BCUT2D eigenvalue weighted by atomic mass is 16.6. The van der Waals surface area contributed by atoms with Crippen molar-refractivity contribution >= 4 is 24.0 Å². The Morgan fingerprint density at radius 2 is 1.59 bits per heavy atom. The van der Waals surface area contributed by atoms with Gasteiger partial charge in [0.25, 0.3) is 0 Å². The summed E-state index contributed by atoms with van der Waals surface area (Å²) in [5.74, 6) is -3.80. The molecule has 0 bridgehead atoms. The van der Waals surface area contributed by atoms with Gasteiger partial charge in [0, 0.05) is 20.4 Å². The van der Waals surface area contributed by atoms with E-state index in [2.05, 4.69) is 4.74 Å². The van der Waals surface area contributed by atoms with Gasteiger partial charge in [-0.2, -0.15) is 0 Å². The molecule has 0 aliphatic heterocycles. The van der Waals surface area contributed by atoms with Crippen molar-refractivity contribution in [2.24, 2.45) is 0 Å². The molecule has 0 aromatic carbocycles. The van der Waals surface area contributed by atoms with Crippen LogP contribution in [0.15, 0.2) is 0 Å². The lowest BCUT2D eigenvalue weighted by molar-refractivity contribution is -0.165. The molecule has 0 aromatic rings. The Labute approximate surface area is 127 Å². The van der Waals surface area contributed by atoms with E-state index in [9.17, 15) is 24.3 Å². The van der Waals surface area contributed by atoms with E-state index in [1.54, 1.807) is 20.8 Å². The van der Waals surface area contributed by atoms with Crippen molar-refractivity contribution in [3.63, 3.8) is 0 Å². The number of ether oxygens (including phenoxy) is 2. The van der Waals surface area contributed by atoms with E-state index in [4.69, 9.17) is 9.84 Å². The minimum Gasteiger partial charge on any atom is -0.480 e. The van der Waals surface area contributed by atoms with E-state index in [0.717, 1.165) is 11.8 Å². The highest BCUT2D eigenvalue weighted by Gasteiger charge is 2.35. The molecule has 0 heterocycles. The summed E-state index contributed by atoms with van der Waals surface area (Å²) in [7, 11) is 1.17. The maximum absolute atomic E-state index is 11.9. The molecular formula is C13H21NO8. The number of nitrogens with zero attached hydrogens (tertiary/aromatic N) is 1. The van der Waals surface area contributed by atoms with Crippen LogP contribution in [0.2, 0.25) is 0 Å². The summed E-state index contributed by atoms with van der Waals surface area (Å²) >= 11 is 0. The first-order valence-electron chi connectivity index (χ1n) is 6.43. The number of rotatable bonds is 6. The predicted octanol–water partition coefficient (Wildman–Crippen LogP) is 0.713. The maximum Gasteiger partial charge on any atom is 0.410 e. The lowest BCUT2D eigenvalue weighted by atomic mass is 10.1. The van der Waals surface area contributed by atoms with Gasteiger partial charge < -0.3 is 19.7 Å². The molecule has 0 spiro atoms. The van der Waals surface area contributed by atoms with E-state index in [0.29, 0.717) is 0 Å². The third kappa shape index (κ3) is 6.91. The molecule has 1 amide bonds. The fourth-order valence-corrected chi connectivity index (χ4v) is 1.49. The molecule has 0 aromatic heterocycles. The first-order valence-corrected chi connectivity index (χ1v) is 6.43. The van der Waals surface area contributed by atoms with E-state index < -0.39 is 48.2 Å². The van der Waals surface area contributed by atoms with E-state index in [1.807, 2.05) is 0 Å². The lowest BCUT2D eigenvalue weighted by Crippen LogP contribution is -2.47. The third-order valence-electron chi connectivity index (χ3n) is 2.46. The Morgan fingerprint density at radius 1 is 1.09 bits per heavy atom. The zero-order chi connectivity index (χ0) is 17.7. The fourth-order valence-electron chi connectivity index (χ4n) is 1.49. The second-order valence-electron chi connectivity index (χ2n) is 5.62. The van der Waals surface area contributed by atoms with E-state index >= 15 is 0 Å². The van der Waals surface area contributed by atoms with Gasteiger partial charge in [-0.15, -0.1) is 0 Å². The summed E-state index contributed by atoms with van der Waals surface area (Å²) in [4.78, 5) is 45.8. The topological polar surface area (TPSA) is 130 Å². The number of carboxylic acid groups (broad SMARTS) is 2. The molecule has 9 nitrogen and oxygen atoms in total. The summed E-state index contributed by atoms with van der Waals surface area (Å²) < 4.78 is 9.56. The van der Waals surface area contributed by atoms with Crippen LogP contribution in [0.4, 0.5) is 4.79 Å². The highest BCUT2D eigenvalue weighted by molar-refractivity contribution is 5.82. The summed E-state index contributed by atoms with van der Waals surface area (Å²) in [6, 6.07) is -1.52. The SMILES string of the molecule is CC(=O)O[C@H](C[C@@H](C(=O)O)N(C)C(=O)OC(C)(C)C)C(=O)O. The normalized spacial score (nSPS) is 13.7. The summed E-state index contributed by atoms with van der Waals surface area (Å²) in [6.07, 6.45) is -3.20. The monoisotopic (exact) mass is 319 g/mol. The van der Waals surface area contributed by atoms with Crippen LogP contribution in [0.5, 0.6) is 0 Å². The van der Waals surface area contributed by atoms with E-state index in [1.165, 1.54) is 7.05 Å². The van der Waals surface area contributed by atoms with Gasteiger partial charge in [0.2, 0.25) is 6.10 Å². The predicted molar refractivity (Wildman–Crippen MR) is 73.2 cm³/mol. The van der Waals surface area contributed by atoms with Gasteiger partial charge in [0.15, 0.2) is 0 Å². The van der Waals surface area contributed by atoms with Gasteiger partial charge in [-0.3, -0.25) is 9.69 Å².